The van der Waals surface area contributed by atoms with E-state index < -0.39 is 0 Å². The predicted molar refractivity (Wildman–Crippen MR) is 110 cm³/mol. The zero-order valence-electron chi connectivity index (χ0n) is 15.9. The highest BCUT2D eigenvalue weighted by Gasteiger charge is 2.16. The van der Waals surface area contributed by atoms with E-state index in [1.54, 1.807) is 0 Å². The maximum absolute atomic E-state index is 12.4. The van der Waals surface area contributed by atoms with Crippen LogP contribution < -0.4 is 5.32 Å². The van der Waals surface area contributed by atoms with Crippen molar-refractivity contribution < 1.29 is 9.59 Å². The van der Waals surface area contributed by atoms with Gasteiger partial charge in [-0.25, -0.2) is 0 Å². The molecule has 0 aliphatic heterocycles. The molecule has 1 aromatic heterocycles. The predicted octanol–water partition coefficient (Wildman–Crippen LogP) is 3.23. The largest absolute Gasteiger partial charge is 0.356 e. The van der Waals surface area contributed by atoms with E-state index in [1.165, 1.54) is 18.7 Å². The summed E-state index contributed by atoms with van der Waals surface area (Å²) in [5, 5.41) is 12.0. The smallest absolute Gasteiger partial charge is 0.216 e. The van der Waals surface area contributed by atoms with Crippen molar-refractivity contribution in [3.05, 3.63) is 71.5 Å². The fourth-order valence-corrected chi connectivity index (χ4v) is 3.64. The molecular weight excluding hydrogens is 372 g/mol. The number of rotatable bonds is 8. The summed E-state index contributed by atoms with van der Waals surface area (Å²) in [6.45, 7) is 3.99. The Morgan fingerprint density at radius 3 is 2.57 bits per heavy atom. The van der Waals surface area contributed by atoms with Crippen LogP contribution in [0.4, 0.5) is 0 Å². The Hall–Kier alpha value is -2.93. The van der Waals surface area contributed by atoms with Crippen LogP contribution >= 0.6 is 11.8 Å². The third-order valence-corrected chi connectivity index (χ3v) is 5.04. The van der Waals surface area contributed by atoms with Crippen molar-refractivity contribution >= 4 is 23.5 Å². The molecule has 3 rings (SSSR count). The first-order valence-electron chi connectivity index (χ1n) is 9.01. The molecule has 0 aliphatic carbocycles. The van der Waals surface area contributed by atoms with E-state index in [0.29, 0.717) is 23.7 Å². The van der Waals surface area contributed by atoms with E-state index in [1.807, 2.05) is 66.1 Å². The van der Waals surface area contributed by atoms with Gasteiger partial charge in [-0.3, -0.25) is 14.2 Å². The van der Waals surface area contributed by atoms with Gasteiger partial charge < -0.3 is 5.32 Å². The molecule has 3 aromatic rings. The van der Waals surface area contributed by atoms with E-state index in [9.17, 15) is 9.59 Å². The van der Waals surface area contributed by atoms with E-state index in [-0.39, 0.29) is 17.4 Å². The summed E-state index contributed by atoms with van der Waals surface area (Å²) in [5.41, 5.74) is 2.75. The average molecular weight is 395 g/mol. The number of aromatic nitrogens is 3. The number of hydrogen-bond acceptors (Lipinski definition) is 5. The number of hydrogen-bond donors (Lipinski definition) is 1. The summed E-state index contributed by atoms with van der Waals surface area (Å²) in [6.07, 6.45) is 0.549. The van der Waals surface area contributed by atoms with Gasteiger partial charge in [0, 0.05) is 31.1 Å². The fourth-order valence-electron chi connectivity index (χ4n) is 2.77. The van der Waals surface area contributed by atoms with E-state index in [4.69, 9.17) is 0 Å². The summed E-state index contributed by atoms with van der Waals surface area (Å²) in [7, 11) is 0. The Kier molecular flexibility index (Phi) is 6.60. The summed E-state index contributed by atoms with van der Waals surface area (Å²) in [5.74, 6) is 0.988. The molecule has 1 N–H and O–H groups in total. The molecule has 6 nitrogen and oxygen atoms in total. The highest BCUT2D eigenvalue weighted by molar-refractivity contribution is 7.99. The van der Waals surface area contributed by atoms with Crippen LogP contribution in [0.2, 0.25) is 0 Å². The summed E-state index contributed by atoms with van der Waals surface area (Å²) >= 11 is 1.36. The van der Waals surface area contributed by atoms with Crippen LogP contribution in [-0.2, 0) is 11.2 Å². The quantitative estimate of drug-likeness (QED) is 0.469. The van der Waals surface area contributed by atoms with Crippen LogP contribution in [0.1, 0.15) is 28.7 Å². The lowest BCUT2D eigenvalue weighted by atomic mass is 10.2. The number of carbonyl (C=O) groups is 2. The lowest BCUT2D eigenvalue weighted by Gasteiger charge is -2.11. The second kappa shape index (κ2) is 9.32. The zero-order valence-corrected chi connectivity index (χ0v) is 16.7. The van der Waals surface area contributed by atoms with Crippen LogP contribution in [0.15, 0.2) is 59.8 Å². The average Bonchev–Trinajstić information content (AvgIpc) is 3.09. The second-order valence-electron chi connectivity index (χ2n) is 6.38. The van der Waals surface area contributed by atoms with Crippen LogP contribution in [0.5, 0.6) is 0 Å². The number of ketones is 1. The minimum atomic E-state index is -0.0790. The van der Waals surface area contributed by atoms with Crippen molar-refractivity contribution in [3.8, 4) is 5.69 Å². The van der Waals surface area contributed by atoms with Crippen molar-refractivity contribution in [3.63, 3.8) is 0 Å². The van der Waals surface area contributed by atoms with Gasteiger partial charge in [0.15, 0.2) is 10.9 Å². The SMILES string of the molecule is CC(=O)NCCc1nnc(SCC(=O)c2ccccc2)n1-c1cccc(C)c1. The molecule has 0 bridgehead atoms. The number of nitrogens with zero attached hydrogens (tertiary/aromatic N) is 3. The van der Waals surface area contributed by atoms with Crippen LogP contribution in [0.25, 0.3) is 5.69 Å². The highest BCUT2D eigenvalue weighted by atomic mass is 32.2. The lowest BCUT2D eigenvalue weighted by Crippen LogP contribution is -2.23. The van der Waals surface area contributed by atoms with Crippen molar-refractivity contribution in [2.24, 2.45) is 0 Å². The molecule has 144 valence electrons. The molecule has 0 saturated heterocycles. The van der Waals surface area contributed by atoms with Gasteiger partial charge in [-0.2, -0.15) is 0 Å². The first-order valence-corrected chi connectivity index (χ1v) is 10.00. The zero-order chi connectivity index (χ0) is 19.9. The Morgan fingerprint density at radius 1 is 1.07 bits per heavy atom. The molecule has 0 spiro atoms. The summed E-state index contributed by atoms with van der Waals surface area (Å²) in [4.78, 5) is 23.6. The van der Waals surface area contributed by atoms with Crippen molar-refractivity contribution in [1.29, 1.82) is 0 Å². The van der Waals surface area contributed by atoms with Gasteiger partial charge in [0.2, 0.25) is 5.91 Å². The molecule has 28 heavy (non-hydrogen) atoms. The number of nitrogens with one attached hydrogen (secondary N) is 1. The van der Waals surface area contributed by atoms with E-state index in [2.05, 4.69) is 15.5 Å². The topological polar surface area (TPSA) is 76.9 Å². The lowest BCUT2D eigenvalue weighted by molar-refractivity contribution is -0.118. The second-order valence-corrected chi connectivity index (χ2v) is 7.33. The van der Waals surface area contributed by atoms with Gasteiger partial charge in [-0.1, -0.05) is 54.2 Å². The van der Waals surface area contributed by atoms with E-state index >= 15 is 0 Å². The normalized spacial score (nSPS) is 10.6. The van der Waals surface area contributed by atoms with Gasteiger partial charge in [0.05, 0.1) is 5.75 Å². The maximum atomic E-state index is 12.4. The molecule has 7 heteroatoms. The molecule has 2 aromatic carbocycles. The first-order chi connectivity index (χ1) is 13.5. The molecular formula is C21H22N4O2S. The van der Waals surface area contributed by atoms with Crippen molar-refractivity contribution in [1.82, 2.24) is 20.1 Å². The molecule has 1 amide bonds. The molecule has 0 saturated carbocycles. The minimum Gasteiger partial charge on any atom is -0.356 e. The number of Topliss-reactive ketones (excluding diaryl/α,β-unsaturated/α-hetero) is 1. The van der Waals surface area contributed by atoms with Crippen LogP contribution in [0.3, 0.4) is 0 Å². The molecule has 0 radical (unpaired) electrons. The monoisotopic (exact) mass is 394 g/mol. The Bertz CT molecular complexity index is 970. The number of aryl methyl sites for hydroxylation is 1. The van der Waals surface area contributed by atoms with Gasteiger partial charge in [0.25, 0.3) is 0 Å². The van der Waals surface area contributed by atoms with E-state index in [0.717, 1.165) is 17.1 Å². The fraction of sp³-hybridized carbons (Fsp3) is 0.238. The molecule has 1 heterocycles. The van der Waals surface area contributed by atoms with Gasteiger partial charge >= 0.3 is 0 Å². The highest BCUT2D eigenvalue weighted by Crippen LogP contribution is 2.24. The third-order valence-electron chi connectivity index (χ3n) is 4.11. The molecule has 0 aliphatic rings. The molecule has 0 fully saturated rings. The Labute approximate surface area is 168 Å². The summed E-state index contributed by atoms with van der Waals surface area (Å²) in [6, 6.07) is 17.3. The molecule has 0 atom stereocenters. The maximum Gasteiger partial charge on any atom is 0.216 e. The number of thioether (sulfide) groups is 1. The summed E-state index contributed by atoms with van der Waals surface area (Å²) < 4.78 is 1.96. The first kappa shape index (κ1) is 19.8. The number of carbonyl (C=O) groups excluding carboxylic acids is 2. The van der Waals surface area contributed by atoms with Crippen molar-refractivity contribution in [2.75, 3.05) is 12.3 Å². The standard InChI is InChI=1S/C21H22N4O2S/c1-15-7-6-10-18(13-15)25-20(11-12-22-16(2)26)23-24-21(25)28-14-19(27)17-8-4-3-5-9-17/h3-10,13H,11-12,14H2,1-2H3,(H,22,26). The number of amides is 1. The van der Waals surface area contributed by atoms with Crippen molar-refractivity contribution in [2.45, 2.75) is 25.4 Å². The minimum absolute atomic E-state index is 0.0455. The van der Waals surface area contributed by atoms with Crippen LogP contribution in [-0.4, -0.2) is 38.8 Å². The van der Waals surface area contributed by atoms with Gasteiger partial charge in [0.1, 0.15) is 5.82 Å². The Balaban J connectivity index is 1.82. The number of benzene rings is 2. The third kappa shape index (κ3) is 5.07. The van der Waals surface area contributed by atoms with Crippen LogP contribution in [0, 0.1) is 6.92 Å². The Morgan fingerprint density at radius 2 is 1.86 bits per heavy atom. The molecule has 0 unspecified atom stereocenters. The van der Waals surface area contributed by atoms with Gasteiger partial charge in [-0.15, -0.1) is 10.2 Å². The van der Waals surface area contributed by atoms with Gasteiger partial charge in [-0.05, 0) is 24.6 Å².